The number of halogens is 2. The van der Waals surface area contributed by atoms with Crippen LogP contribution in [0, 0.1) is 5.82 Å². The van der Waals surface area contributed by atoms with Crippen molar-refractivity contribution in [3.8, 4) is 23.0 Å². The number of benzene rings is 2. The lowest BCUT2D eigenvalue weighted by Gasteiger charge is -2.31. The van der Waals surface area contributed by atoms with Gasteiger partial charge in [0.15, 0.2) is 11.3 Å². The zero-order chi connectivity index (χ0) is 40.8. The average molecular weight is 807 g/mol. The summed E-state index contributed by atoms with van der Waals surface area (Å²) in [5.41, 5.74) is 4.73. The Hall–Kier alpha value is -5.45. The molecule has 14 nitrogen and oxygen atoms in total. The summed E-state index contributed by atoms with van der Waals surface area (Å²) < 4.78 is 54.0. The molecule has 59 heavy (non-hydrogen) atoms. The van der Waals surface area contributed by atoms with Gasteiger partial charge in [0.25, 0.3) is 0 Å². The summed E-state index contributed by atoms with van der Waals surface area (Å²) >= 11 is 0. The minimum absolute atomic E-state index is 0.174. The number of alkyl halides is 1. The van der Waals surface area contributed by atoms with Crippen LogP contribution in [0.15, 0.2) is 42.6 Å². The Morgan fingerprint density at radius 3 is 2.64 bits per heavy atom. The first-order valence-electron chi connectivity index (χ1n) is 20.4. The molecule has 10 rings (SSSR count). The maximum absolute atomic E-state index is 15.8. The van der Waals surface area contributed by atoms with Crippen LogP contribution in [-0.4, -0.2) is 120 Å². The Labute approximate surface area is 339 Å². The predicted molar refractivity (Wildman–Crippen MR) is 220 cm³/mol. The van der Waals surface area contributed by atoms with Gasteiger partial charge in [0, 0.05) is 49.9 Å². The Morgan fingerprint density at radius 2 is 1.85 bits per heavy atom. The molecular weight excluding hydrogens is 759 g/mol. The standard InChI is InChI=1S/C43H48F2N10O4/c1-6-28-30(45)12-13-31-32(28)33(29-19-46-55(38(29)47-31)20-25-8-10-27(57-5)11-9-25)35-37-36(52(4)50-35)34-39(51(37)3)48-41(49-40(34)53-16-17-58-23-42(2,56)22-53)59-24-43-14-7-15-54(43)21-26(44)18-43/h8-13,19,26,56H,6-7,14-18,20-24H2,1-5H3/t26-,42+,43+/m1/s1. The van der Waals surface area contributed by atoms with Crippen molar-refractivity contribution in [3.63, 3.8) is 0 Å². The SMILES string of the molecule is CCc1c(F)ccc2nc3c(cnn3Cc3ccc(OC)cc3)c(-c3nn(C)c4c5c(N6CCOC[C@@](C)(O)C6)nc(OC[C@@]67CCCN6C[C@H](F)C7)nc5n(C)c34)c12. The fourth-order valence-electron chi connectivity index (χ4n) is 9.90. The minimum Gasteiger partial charge on any atom is -0.497 e. The quantitative estimate of drug-likeness (QED) is 0.192. The summed E-state index contributed by atoms with van der Waals surface area (Å²) in [6.07, 6.45) is 3.59. The van der Waals surface area contributed by atoms with E-state index in [1.165, 1.54) is 6.07 Å². The number of ether oxygens (including phenoxy) is 3. The van der Waals surface area contributed by atoms with Gasteiger partial charge < -0.3 is 28.8 Å². The first-order chi connectivity index (χ1) is 28.5. The summed E-state index contributed by atoms with van der Waals surface area (Å²) in [7, 11) is 5.47. The third-order valence-corrected chi connectivity index (χ3v) is 12.6. The zero-order valence-corrected chi connectivity index (χ0v) is 34.0. The Morgan fingerprint density at radius 1 is 1.02 bits per heavy atom. The van der Waals surface area contributed by atoms with Gasteiger partial charge in [0.1, 0.15) is 41.5 Å². The number of aryl methyl sites for hydroxylation is 3. The highest BCUT2D eigenvalue weighted by atomic mass is 19.1. The van der Waals surface area contributed by atoms with Crippen LogP contribution in [0.4, 0.5) is 14.6 Å². The van der Waals surface area contributed by atoms with Crippen LogP contribution in [0.1, 0.15) is 44.2 Å². The molecule has 0 saturated carbocycles. The number of aromatic nitrogens is 8. The number of anilines is 1. The van der Waals surface area contributed by atoms with Crippen LogP contribution >= 0.6 is 0 Å². The van der Waals surface area contributed by atoms with Crippen molar-refractivity contribution in [2.75, 3.05) is 58.0 Å². The topological polar surface area (TPSA) is 134 Å². The molecule has 0 radical (unpaired) electrons. The highest BCUT2D eigenvalue weighted by molar-refractivity contribution is 6.19. The number of aliphatic hydroxyl groups is 1. The normalized spacial score (nSPS) is 22.6. The molecule has 1 N–H and O–H groups in total. The van der Waals surface area contributed by atoms with Gasteiger partial charge in [-0.3, -0.25) is 9.58 Å². The lowest BCUT2D eigenvalue weighted by Crippen LogP contribution is -2.44. The summed E-state index contributed by atoms with van der Waals surface area (Å²) in [5.74, 6) is 1.02. The number of fused-ring (bicyclic) bond motifs is 6. The molecule has 3 aliphatic rings. The van der Waals surface area contributed by atoms with Gasteiger partial charge in [-0.2, -0.15) is 20.2 Å². The van der Waals surface area contributed by atoms with E-state index >= 15 is 4.39 Å². The molecule has 308 valence electrons. The summed E-state index contributed by atoms with van der Waals surface area (Å²) in [6, 6.07) is 11.2. The van der Waals surface area contributed by atoms with Gasteiger partial charge in [0.05, 0.1) is 67.1 Å². The number of hydrogen-bond acceptors (Lipinski definition) is 11. The van der Waals surface area contributed by atoms with Gasteiger partial charge in [0.2, 0.25) is 0 Å². The molecule has 0 unspecified atom stereocenters. The summed E-state index contributed by atoms with van der Waals surface area (Å²) in [5, 5.41) is 23.5. The molecule has 0 bridgehead atoms. The molecule has 3 fully saturated rings. The lowest BCUT2D eigenvalue weighted by atomic mass is 9.95. The van der Waals surface area contributed by atoms with Gasteiger partial charge >= 0.3 is 6.01 Å². The number of pyridine rings is 1. The molecule has 3 aliphatic heterocycles. The smallest absolute Gasteiger partial charge is 0.320 e. The molecule has 2 aromatic carbocycles. The van der Waals surface area contributed by atoms with Crippen molar-refractivity contribution in [2.24, 2.45) is 14.1 Å². The minimum atomic E-state index is -1.15. The van der Waals surface area contributed by atoms with Crippen molar-refractivity contribution < 1.29 is 28.1 Å². The maximum atomic E-state index is 15.8. The Bertz CT molecular complexity index is 2760. The van der Waals surface area contributed by atoms with Crippen molar-refractivity contribution in [2.45, 2.75) is 63.4 Å². The first kappa shape index (κ1) is 37.8. The maximum Gasteiger partial charge on any atom is 0.320 e. The lowest BCUT2D eigenvalue weighted by molar-refractivity contribution is -0.0123. The number of hydrogen-bond donors (Lipinski definition) is 1. The van der Waals surface area contributed by atoms with Gasteiger partial charge in [-0.15, -0.1) is 0 Å². The highest BCUT2D eigenvalue weighted by Gasteiger charge is 2.49. The fourth-order valence-corrected chi connectivity index (χ4v) is 9.90. The van der Waals surface area contributed by atoms with E-state index in [4.69, 9.17) is 39.4 Å². The molecule has 16 heteroatoms. The molecule has 3 saturated heterocycles. The molecule has 3 atom stereocenters. The van der Waals surface area contributed by atoms with E-state index in [2.05, 4.69) is 4.90 Å². The second kappa shape index (κ2) is 14.1. The molecule has 5 aromatic heterocycles. The van der Waals surface area contributed by atoms with Crippen LogP contribution in [0.5, 0.6) is 11.8 Å². The monoisotopic (exact) mass is 806 g/mol. The van der Waals surface area contributed by atoms with Crippen LogP contribution in [-0.2, 0) is 31.8 Å². The average Bonchev–Trinajstić information content (AvgIpc) is 4.00. The Balaban J connectivity index is 1.19. The van der Waals surface area contributed by atoms with Crippen molar-refractivity contribution in [3.05, 3.63) is 59.5 Å². The van der Waals surface area contributed by atoms with Crippen LogP contribution in [0.3, 0.4) is 0 Å². The third kappa shape index (κ3) is 6.17. The van der Waals surface area contributed by atoms with Gasteiger partial charge in [-0.25, -0.2) is 18.4 Å². The fraction of sp³-hybridized carbons (Fsp3) is 0.465. The van der Waals surface area contributed by atoms with Gasteiger partial charge in [-0.05, 0) is 68.1 Å². The molecular formula is C43H48F2N10O4. The highest BCUT2D eigenvalue weighted by Crippen LogP contribution is 2.45. The van der Waals surface area contributed by atoms with E-state index in [9.17, 15) is 9.50 Å². The second-order valence-electron chi connectivity index (χ2n) is 16.7. The van der Waals surface area contributed by atoms with Crippen molar-refractivity contribution >= 4 is 49.8 Å². The van der Waals surface area contributed by atoms with Crippen molar-refractivity contribution in [1.29, 1.82) is 0 Å². The zero-order valence-electron chi connectivity index (χ0n) is 34.0. The van der Waals surface area contributed by atoms with E-state index < -0.39 is 17.3 Å². The second-order valence-corrected chi connectivity index (χ2v) is 16.7. The number of nitrogens with zero attached hydrogens (tertiary/aromatic N) is 10. The van der Waals surface area contributed by atoms with Crippen molar-refractivity contribution in [1.82, 2.24) is 44.0 Å². The Kier molecular flexibility index (Phi) is 9.03. The van der Waals surface area contributed by atoms with E-state index in [1.807, 2.05) is 64.1 Å². The van der Waals surface area contributed by atoms with Gasteiger partial charge in [-0.1, -0.05) is 19.1 Å². The summed E-state index contributed by atoms with van der Waals surface area (Å²) in [4.78, 5) is 19.5. The van der Waals surface area contributed by atoms with E-state index in [-0.39, 0.29) is 31.6 Å². The number of rotatable bonds is 9. The molecule has 0 amide bonds. The van der Waals surface area contributed by atoms with Crippen LogP contribution in [0.2, 0.25) is 0 Å². The number of methoxy groups -OCH3 is 1. The number of β-amino-alcohol motifs (C(OH)–C–C–N with tert-alkyl or cyclic N) is 1. The largest absolute Gasteiger partial charge is 0.497 e. The van der Waals surface area contributed by atoms with E-state index in [0.29, 0.717) is 78.4 Å². The molecule has 0 spiro atoms. The van der Waals surface area contributed by atoms with E-state index in [1.54, 1.807) is 26.3 Å². The third-order valence-electron chi connectivity index (χ3n) is 12.6. The van der Waals surface area contributed by atoms with Crippen LogP contribution in [0.25, 0.3) is 55.3 Å². The van der Waals surface area contributed by atoms with E-state index in [0.717, 1.165) is 58.1 Å². The van der Waals surface area contributed by atoms with Crippen LogP contribution < -0.4 is 14.4 Å². The molecule has 7 aromatic rings. The summed E-state index contributed by atoms with van der Waals surface area (Å²) in [6.45, 7) is 6.95. The molecule has 8 heterocycles. The first-order valence-corrected chi connectivity index (χ1v) is 20.4. The predicted octanol–water partition coefficient (Wildman–Crippen LogP) is 5.72. The molecule has 0 aliphatic carbocycles.